The maximum absolute atomic E-state index is 11.8. The van der Waals surface area contributed by atoms with E-state index in [-0.39, 0.29) is 6.09 Å². The first-order valence-corrected chi connectivity index (χ1v) is 9.19. The van der Waals surface area contributed by atoms with E-state index in [4.69, 9.17) is 4.74 Å². The van der Waals surface area contributed by atoms with Crippen LogP contribution in [0.3, 0.4) is 0 Å². The highest BCUT2D eigenvalue weighted by atomic mass is 32.1. The molecule has 1 heterocycles. The van der Waals surface area contributed by atoms with Gasteiger partial charge in [-0.3, -0.25) is 0 Å². The Balaban J connectivity index is 1.79. The molecule has 0 radical (unpaired) electrons. The standard InChI is InChI=1S/C17H29N3O2S/c1-11-15(23-12(2)20-11)10-18-14-8-6-7-13(14)9-19-16(21)22-17(3,4)5/h13-14,18H,6-10H2,1-5H3,(H,19,21). The SMILES string of the molecule is Cc1nc(C)c(CNC2CCCC2CNC(=O)OC(C)(C)C)s1. The first kappa shape index (κ1) is 18.2. The molecular weight excluding hydrogens is 310 g/mol. The van der Waals surface area contributed by atoms with E-state index in [0.717, 1.165) is 30.1 Å². The van der Waals surface area contributed by atoms with Crippen molar-refractivity contribution < 1.29 is 9.53 Å². The number of aryl methyl sites for hydroxylation is 2. The van der Waals surface area contributed by atoms with Crippen LogP contribution in [0, 0.1) is 19.8 Å². The van der Waals surface area contributed by atoms with Crippen LogP contribution < -0.4 is 10.6 Å². The predicted molar refractivity (Wildman–Crippen MR) is 93.8 cm³/mol. The van der Waals surface area contributed by atoms with Crippen LogP contribution >= 0.6 is 11.3 Å². The predicted octanol–water partition coefficient (Wildman–Crippen LogP) is 3.54. The lowest BCUT2D eigenvalue weighted by molar-refractivity contribution is 0.0517. The van der Waals surface area contributed by atoms with Crippen molar-refractivity contribution in [2.45, 2.75) is 72.1 Å². The number of ether oxygens (including phenoxy) is 1. The van der Waals surface area contributed by atoms with Crippen LogP contribution in [0.5, 0.6) is 0 Å². The van der Waals surface area contributed by atoms with Crippen LogP contribution in [0.2, 0.25) is 0 Å². The molecule has 0 aromatic carbocycles. The van der Waals surface area contributed by atoms with E-state index < -0.39 is 5.60 Å². The first-order valence-electron chi connectivity index (χ1n) is 8.38. The summed E-state index contributed by atoms with van der Waals surface area (Å²) in [4.78, 5) is 17.6. The maximum atomic E-state index is 11.8. The van der Waals surface area contributed by atoms with Crippen LogP contribution in [0.4, 0.5) is 4.79 Å². The van der Waals surface area contributed by atoms with Crippen molar-refractivity contribution >= 4 is 17.4 Å². The summed E-state index contributed by atoms with van der Waals surface area (Å²) < 4.78 is 5.30. The molecule has 2 rings (SSSR count). The lowest BCUT2D eigenvalue weighted by Gasteiger charge is -2.23. The smallest absolute Gasteiger partial charge is 0.407 e. The normalized spacial score (nSPS) is 21.4. The van der Waals surface area contributed by atoms with Gasteiger partial charge in [-0.25, -0.2) is 9.78 Å². The van der Waals surface area contributed by atoms with Gasteiger partial charge in [0.25, 0.3) is 0 Å². The number of amides is 1. The molecule has 0 spiro atoms. The number of alkyl carbamates (subject to hydrolysis) is 1. The number of nitrogens with zero attached hydrogens (tertiary/aromatic N) is 1. The topological polar surface area (TPSA) is 63.2 Å². The summed E-state index contributed by atoms with van der Waals surface area (Å²) in [5.74, 6) is 0.469. The van der Waals surface area contributed by atoms with Crippen molar-refractivity contribution in [2.24, 2.45) is 5.92 Å². The molecule has 2 N–H and O–H groups in total. The summed E-state index contributed by atoms with van der Waals surface area (Å²) in [5.41, 5.74) is 0.681. The van der Waals surface area contributed by atoms with E-state index in [1.807, 2.05) is 27.7 Å². The van der Waals surface area contributed by atoms with Gasteiger partial charge in [-0.15, -0.1) is 11.3 Å². The number of nitrogens with one attached hydrogen (secondary N) is 2. The van der Waals surface area contributed by atoms with Gasteiger partial charge in [0.15, 0.2) is 0 Å². The van der Waals surface area contributed by atoms with Crippen molar-refractivity contribution in [2.75, 3.05) is 6.54 Å². The van der Waals surface area contributed by atoms with E-state index >= 15 is 0 Å². The van der Waals surface area contributed by atoms with Gasteiger partial charge in [-0.05, 0) is 53.4 Å². The first-order chi connectivity index (χ1) is 10.7. The van der Waals surface area contributed by atoms with Gasteiger partial charge in [0.05, 0.1) is 10.7 Å². The highest BCUT2D eigenvalue weighted by molar-refractivity contribution is 7.11. The monoisotopic (exact) mass is 339 g/mol. The van der Waals surface area contributed by atoms with E-state index in [1.54, 1.807) is 11.3 Å². The molecule has 1 saturated carbocycles. The maximum Gasteiger partial charge on any atom is 0.407 e. The summed E-state index contributed by atoms with van der Waals surface area (Å²) >= 11 is 1.76. The molecule has 1 fully saturated rings. The minimum absolute atomic E-state index is 0.322. The Kier molecular flexibility index (Phi) is 6.03. The van der Waals surface area contributed by atoms with Gasteiger partial charge in [0, 0.05) is 24.0 Å². The number of carbonyl (C=O) groups excluding carboxylic acids is 1. The highest BCUT2D eigenvalue weighted by Crippen LogP contribution is 2.26. The molecule has 1 aliphatic carbocycles. The second-order valence-electron chi connectivity index (χ2n) is 7.30. The number of aromatic nitrogens is 1. The summed E-state index contributed by atoms with van der Waals surface area (Å²) in [5, 5.41) is 7.69. The largest absolute Gasteiger partial charge is 0.444 e. The molecule has 2 unspecified atom stereocenters. The van der Waals surface area contributed by atoms with Crippen LogP contribution in [0.1, 0.15) is 55.6 Å². The van der Waals surface area contributed by atoms with Gasteiger partial charge in [-0.1, -0.05) is 6.42 Å². The van der Waals surface area contributed by atoms with Crippen LogP contribution in [-0.2, 0) is 11.3 Å². The zero-order chi connectivity index (χ0) is 17.0. The number of thiazole rings is 1. The highest BCUT2D eigenvalue weighted by Gasteiger charge is 2.28. The van der Waals surface area contributed by atoms with Crippen molar-refractivity contribution in [3.8, 4) is 0 Å². The zero-order valence-corrected chi connectivity index (χ0v) is 15.7. The summed E-state index contributed by atoms with van der Waals surface area (Å²) in [6, 6.07) is 0.451. The fourth-order valence-corrected chi connectivity index (χ4v) is 3.93. The van der Waals surface area contributed by atoms with Gasteiger partial charge < -0.3 is 15.4 Å². The lowest BCUT2D eigenvalue weighted by Crippen LogP contribution is -2.40. The molecule has 1 aromatic rings. The molecule has 1 aliphatic rings. The Hall–Kier alpha value is -1.14. The van der Waals surface area contributed by atoms with Crippen molar-refractivity contribution in [1.82, 2.24) is 15.6 Å². The minimum atomic E-state index is -0.445. The molecule has 2 atom stereocenters. The quantitative estimate of drug-likeness (QED) is 0.861. The van der Waals surface area contributed by atoms with E-state index in [9.17, 15) is 4.79 Å². The molecular formula is C17H29N3O2S. The Morgan fingerprint density at radius 2 is 2.09 bits per heavy atom. The molecule has 1 amide bonds. The fourth-order valence-electron chi connectivity index (χ4n) is 3.04. The summed E-state index contributed by atoms with van der Waals surface area (Å²) in [6.07, 6.45) is 3.20. The Labute approximate surface area is 143 Å². The Morgan fingerprint density at radius 1 is 1.35 bits per heavy atom. The molecule has 6 heteroatoms. The molecule has 0 saturated heterocycles. The number of rotatable bonds is 5. The third-order valence-corrected chi connectivity index (χ3v) is 5.16. The van der Waals surface area contributed by atoms with Gasteiger partial charge in [-0.2, -0.15) is 0 Å². The number of hydrogen-bond donors (Lipinski definition) is 2. The summed E-state index contributed by atoms with van der Waals surface area (Å²) in [7, 11) is 0. The fraction of sp³-hybridized carbons (Fsp3) is 0.765. The minimum Gasteiger partial charge on any atom is -0.444 e. The zero-order valence-electron chi connectivity index (χ0n) is 14.9. The Bertz CT molecular complexity index is 536. The number of hydrogen-bond acceptors (Lipinski definition) is 5. The average molecular weight is 340 g/mol. The second-order valence-corrected chi connectivity index (χ2v) is 8.59. The van der Waals surface area contributed by atoms with Crippen molar-refractivity contribution in [1.29, 1.82) is 0 Å². The van der Waals surface area contributed by atoms with Crippen LogP contribution in [0.15, 0.2) is 0 Å². The van der Waals surface area contributed by atoms with Gasteiger partial charge in [0.1, 0.15) is 5.60 Å². The second kappa shape index (κ2) is 7.62. The molecule has 130 valence electrons. The van der Waals surface area contributed by atoms with Gasteiger partial charge in [0.2, 0.25) is 0 Å². The number of carbonyl (C=O) groups is 1. The third kappa shape index (κ3) is 5.77. The molecule has 1 aromatic heterocycles. The van der Waals surface area contributed by atoms with E-state index in [2.05, 4.69) is 22.5 Å². The van der Waals surface area contributed by atoms with Gasteiger partial charge >= 0.3 is 6.09 Å². The van der Waals surface area contributed by atoms with Crippen LogP contribution in [-0.4, -0.2) is 29.3 Å². The summed E-state index contributed by atoms with van der Waals surface area (Å²) in [6.45, 7) is 11.3. The van der Waals surface area contributed by atoms with E-state index in [0.29, 0.717) is 18.5 Å². The average Bonchev–Trinajstić information content (AvgIpc) is 2.98. The molecule has 23 heavy (non-hydrogen) atoms. The van der Waals surface area contributed by atoms with Crippen molar-refractivity contribution in [3.05, 3.63) is 15.6 Å². The van der Waals surface area contributed by atoms with Crippen molar-refractivity contribution in [3.63, 3.8) is 0 Å². The van der Waals surface area contributed by atoms with E-state index in [1.165, 1.54) is 11.3 Å². The third-order valence-electron chi connectivity index (χ3n) is 4.09. The lowest BCUT2D eigenvalue weighted by atomic mass is 10.0. The molecule has 0 aliphatic heterocycles. The Morgan fingerprint density at radius 3 is 2.70 bits per heavy atom. The van der Waals surface area contributed by atoms with Crippen LogP contribution in [0.25, 0.3) is 0 Å². The molecule has 0 bridgehead atoms. The molecule has 5 nitrogen and oxygen atoms in total.